The number of allylic oxidation sites excluding steroid dienone is 2. The standard InChI is InChI=1S/C18H17NO4/c20-16-14-11-6-7-12(9-11)15(14)17(21)19(16)13(18(22)23)8-10-4-2-1-3-5-10/h1-7,11-15H,8-9H2,(H,22,23). The average molecular weight is 311 g/mol. The van der Waals surface area contributed by atoms with Gasteiger partial charge in [-0.15, -0.1) is 0 Å². The summed E-state index contributed by atoms with van der Waals surface area (Å²) in [7, 11) is 0. The van der Waals surface area contributed by atoms with Crippen LogP contribution in [0.25, 0.3) is 0 Å². The fourth-order valence-corrected chi connectivity index (χ4v) is 4.36. The number of fused-ring (bicyclic) bond motifs is 5. The van der Waals surface area contributed by atoms with Gasteiger partial charge in [-0.1, -0.05) is 42.5 Å². The molecule has 5 atom stereocenters. The zero-order valence-corrected chi connectivity index (χ0v) is 12.5. The zero-order valence-electron chi connectivity index (χ0n) is 12.5. The largest absolute Gasteiger partial charge is 0.480 e. The normalized spacial score (nSPS) is 32.4. The summed E-state index contributed by atoms with van der Waals surface area (Å²) in [6.45, 7) is 0. The van der Waals surface area contributed by atoms with Gasteiger partial charge in [0.15, 0.2) is 0 Å². The maximum atomic E-state index is 12.7. The first kappa shape index (κ1) is 14.2. The van der Waals surface area contributed by atoms with Crippen LogP contribution in [0, 0.1) is 23.7 Å². The van der Waals surface area contributed by atoms with Gasteiger partial charge in [0.05, 0.1) is 11.8 Å². The molecule has 1 saturated heterocycles. The number of aliphatic carboxylic acids is 1. The predicted molar refractivity (Wildman–Crippen MR) is 81.1 cm³/mol. The molecule has 118 valence electrons. The molecule has 0 spiro atoms. The first-order valence-corrected chi connectivity index (χ1v) is 7.90. The molecule has 5 heteroatoms. The lowest BCUT2D eigenvalue weighted by Crippen LogP contribution is -2.47. The van der Waals surface area contributed by atoms with Crippen LogP contribution in [0.2, 0.25) is 0 Å². The quantitative estimate of drug-likeness (QED) is 0.675. The van der Waals surface area contributed by atoms with Crippen molar-refractivity contribution >= 4 is 17.8 Å². The summed E-state index contributed by atoms with van der Waals surface area (Å²) in [4.78, 5) is 38.2. The number of amides is 2. The highest BCUT2D eigenvalue weighted by molar-refractivity contribution is 6.08. The fraction of sp³-hybridized carbons (Fsp3) is 0.389. The lowest BCUT2D eigenvalue weighted by atomic mass is 9.85. The van der Waals surface area contributed by atoms with E-state index in [1.165, 1.54) is 0 Å². The zero-order chi connectivity index (χ0) is 16.1. The number of imide groups is 1. The van der Waals surface area contributed by atoms with Crippen molar-refractivity contribution < 1.29 is 19.5 Å². The molecule has 3 aliphatic rings. The molecule has 0 aromatic heterocycles. The molecule has 4 rings (SSSR count). The maximum absolute atomic E-state index is 12.7. The minimum Gasteiger partial charge on any atom is -0.480 e. The van der Waals surface area contributed by atoms with E-state index in [1.807, 2.05) is 42.5 Å². The van der Waals surface area contributed by atoms with Gasteiger partial charge in [0.1, 0.15) is 6.04 Å². The summed E-state index contributed by atoms with van der Waals surface area (Å²) in [5.74, 6) is -2.25. The highest BCUT2D eigenvalue weighted by atomic mass is 16.4. The topological polar surface area (TPSA) is 74.7 Å². The SMILES string of the molecule is O=C(O)C(Cc1ccccc1)N1C(=O)C2C3C=CC(C3)C2C1=O. The summed E-state index contributed by atoms with van der Waals surface area (Å²) >= 11 is 0. The number of rotatable bonds is 4. The molecule has 2 amide bonds. The first-order chi connectivity index (χ1) is 11.1. The van der Waals surface area contributed by atoms with E-state index >= 15 is 0 Å². The summed E-state index contributed by atoms with van der Waals surface area (Å²) in [6, 6.07) is 7.99. The maximum Gasteiger partial charge on any atom is 0.327 e. The predicted octanol–water partition coefficient (Wildman–Crippen LogP) is 1.49. The van der Waals surface area contributed by atoms with E-state index in [2.05, 4.69) is 0 Å². The highest BCUT2D eigenvalue weighted by Gasteiger charge is 2.61. The van der Waals surface area contributed by atoms with Crippen molar-refractivity contribution in [2.45, 2.75) is 18.9 Å². The molecule has 5 unspecified atom stereocenters. The molecule has 1 heterocycles. The van der Waals surface area contributed by atoms with Gasteiger partial charge in [0.25, 0.3) is 0 Å². The van der Waals surface area contributed by atoms with E-state index in [0.29, 0.717) is 0 Å². The number of nitrogens with zero attached hydrogens (tertiary/aromatic N) is 1. The Labute approximate surface area is 133 Å². The summed E-state index contributed by atoms with van der Waals surface area (Å²) in [6.07, 6.45) is 5.01. The molecule has 1 aliphatic heterocycles. The van der Waals surface area contributed by atoms with Crippen molar-refractivity contribution in [3.05, 3.63) is 48.0 Å². The van der Waals surface area contributed by atoms with Crippen LogP contribution in [-0.2, 0) is 20.8 Å². The number of hydrogen-bond acceptors (Lipinski definition) is 3. The van der Waals surface area contributed by atoms with Gasteiger partial charge in [-0.05, 0) is 23.8 Å². The molecule has 1 N–H and O–H groups in total. The summed E-state index contributed by atoms with van der Waals surface area (Å²) < 4.78 is 0. The van der Waals surface area contributed by atoms with Gasteiger partial charge >= 0.3 is 5.97 Å². The Bertz CT molecular complexity index is 681. The monoisotopic (exact) mass is 311 g/mol. The molecule has 2 bridgehead atoms. The van der Waals surface area contributed by atoms with Crippen LogP contribution in [0.5, 0.6) is 0 Å². The van der Waals surface area contributed by atoms with E-state index in [1.54, 1.807) is 0 Å². The highest BCUT2D eigenvalue weighted by Crippen LogP contribution is 2.52. The molecule has 23 heavy (non-hydrogen) atoms. The Morgan fingerprint density at radius 2 is 1.65 bits per heavy atom. The average Bonchev–Trinajstić information content (AvgIpc) is 3.21. The van der Waals surface area contributed by atoms with E-state index in [0.717, 1.165) is 16.9 Å². The Morgan fingerprint density at radius 1 is 1.09 bits per heavy atom. The van der Waals surface area contributed by atoms with E-state index in [4.69, 9.17) is 0 Å². The van der Waals surface area contributed by atoms with Gasteiger partial charge in [-0.2, -0.15) is 0 Å². The number of hydrogen-bond donors (Lipinski definition) is 1. The van der Waals surface area contributed by atoms with Crippen LogP contribution in [0.4, 0.5) is 0 Å². The summed E-state index contributed by atoms with van der Waals surface area (Å²) in [5, 5.41) is 9.58. The number of carbonyl (C=O) groups is 3. The molecule has 1 saturated carbocycles. The molecule has 0 radical (unpaired) electrons. The molecule has 2 fully saturated rings. The minimum atomic E-state index is -1.13. The minimum absolute atomic E-state index is 0.0950. The Morgan fingerprint density at radius 3 is 2.17 bits per heavy atom. The van der Waals surface area contributed by atoms with E-state index in [9.17, 15) is 19.5 Å². The van der Waals surface area contributed by atoms with Crippen molar-refractivity contribution in [3.63, 3.8) is 0 Å². The smallest absolute Gasteiger partial charge is 0.327 e. The van der Waals surface area contributed by atoms with E-state index in [-0.39, 0.29) is 41.9 Å². The van der Waals surface area contributed by atoms with Crippen molar-refractivity contribution in [3.8, 4) is 0 Å². The third-order valence-electron chi connectivity index (χ3n) is 5.37. The Kier molecular flexibility index (Phi) is 3.11. The van der Waals surface area contributed by atoms with Gasteiger partial charge in [-0.3, -0.25) is 14.5 Å². The molecule has 2 aliphatic carbocycles. The second-order valence-corrected chi connectivity index (χ2v) is 6.59. The van der Waals surface area contributed by atoms with Crippen LogP contribution in [0.3, 0.4) is 0 Å². The lowest BCUT2D eigenvalue weighted by molar-refractivity contribution is -0.155. The van der Waals surface area contributed by atoms with Crippen molar-refractivity contribution in [1.29, 1.82) is 0 Å². The van der Waals surface area contributed by atoms with Crippen molar-refractivity contribution in [2.75, 3.05) is 0 Å². The van der Waals surface area contributed by atoms with Gasteiger partial charge in [0.2, 0.25) is 11.8 Å². The van der Waals surface area contributed by atoms with Gasteiger partial charge < -0.3 is 5.11 Å². The number of benzene rings is 1. The van der Waals surface area contributed by atoms with Crippen molar-refractivity contribution in [1.82, 2.24) is 4.90 Å². The number of carboxylic acids is 1. The first-order valence-electron chi connectivity index (χ1n) is 7.90. The molecule has 5 nitrogen and oxygen atoms in total. The van der Waals surface area contributed by atoms with Crippen LogP contribution in [-0.4, -0.2) is 33.8 Å². The number of likely N-dealkylation sites (tertiary alicyclic amines) is 1. The number of carboxylic acid groups (broad SMARTS) is 1. The number of carbonyl (C=O) groups excluding carboxylic acids is 2. The third kappa shape index (κ3) is 2.03. The van der Waals surface area contributed by atoms with E-state index < -0.39 is 12.0 Å². The van der Waals surface area contributed by atoms with Crippen LogP contribution < -0.4 is 0 Å². The molecular weight excluding hydrogens is 294 g/mol. The van der Waals surface area contributed by atoms with Crippen molar-refractivity contribution in [2.24, 2.45) is 23.7 Å². The van der Waals surface area contributed by atoms with Crippen LogP contribution in [0.1, 0.15) is 12.0 Å². The second-order valence-electron chi connectivity index (χ2n) is 6.59. The van der Waals surface area contributed by atoms with Gasteiger partial charge in [-0.25, -0.2) is 4.79 Å². The summed E-state index contributed by atoms with van der Waals surface area (Å²) in [5.41, 5.74) is 0.804. The van der Waals surface area contributed by atoms with Crippen LogP contribution in [0.15, 0.2) is 42.5 Å². The molecule has 1 aromatic rings. The fourth-order valence-electron chi connectivity index (χ4n) is 4.36. The molecule has 1 aromatic carbocycles. The molecular formula is C18H17NO4. The Hall–Kier alpha value is -2.43. The lowest BCUT2D eigenvalue weighted by Gasteiger charge is -2.24. The Balaban J connectivity index is 1.64. The second kappa shape index (κ2) is 5.05. The van der Waals surface area contributed by atoms with Crippen LogP contribution >= 0.6 is 0 Å². The van der Waals surface area contributed by atoms with Gasteiger partial charge in [0, 0.05) is 6.42 Å². The third-order valence-corrected chi connectivity index (χ3v) is 5.37.